The highest BCUT2D eigenvalue weighted by molar-refractivity contribution is 5.33. The van der Waals surface area contributed by atoms with E-state index >= 15 is 0 Å². The van der Waals surface area contributed by atoms with Crippen molar-refractivity contribution in [3.63, 3.8) is 0 Å². The van der Waals surface area contributed by atoms with Crippen LogP contribution in [0.4, 0.5) is 4.39 Å². The minimum absolute atomic E-state index is 0.232. The molecule has 17 heavy (non-hydrogen) atoms. The van der Waals surface area contributed by atoms with Crippen molar-refractivity contribution in [1.82, 2.24) is 5.32 Å². The van der Waals surface area contributed by atoms with Crippen LogP contribution in [-0.4, -0.2) is 6.04 Å². The SMILES string of the molecule is CCCC1CC1NCc1cc(C#N)ccc1F. The average molecular weight is 232 g/mol. The number of hydrogen-bond donors (Lipinski definition) is 1. The lowest BCUT2D eigenvalue weighted by Crippen LogP contribution is -2.18. The predicted octanol–water partition coefficient (Wildman–Crippen LogP) is 2.98. The summed E-state index contributed by atoms with van der Waals surface area (Å²) in [5.74, 6) is 0.534. The minimum atomic E-state index is -0.232. The summed E-state index contributed by atoms with van der Waals surface area (Å²) in [5.41, 5.74) is 1.11. The monoisotopic (exact) mass is 232 g/mol. The van der Waals surface area contributed by atoms with Crippen molar-refractivity contribution in [3.8, 4) is 6.07 Å². The number of rotatable bonds is 5. The highest BCUT2D eigenvalue weighted by Crippen LogP contribution is 2.34. The molecule has 1 aliphatic carbocycles. The zero-order valence-electron chi connectivity index (χ0n) is 10.0. The molecule has 0 aromatic heterocycles. The molecule has 0 saturated heterocycles. The summed E-state index contributed by atoms with van der Waals surface area (Å²) < 4.78 is 13.5. The molecular weight excluding hydrogens is 215 g/mol. The van der Waals surface area contributed by atoms with Gasteiger partial charge in [0.1, 0.15) is 5.82 Å². The van der Waals surface area contributed by atoms with Crippen LogP contribution in [0.15, 0.2) is 18.2 Å². The molecule has 1 N–H and O–H groups in total. The number of nitriles is 1. The third-order valence-electron chi connectivity index (χ3n) is 3.31. The maximum Gasteiger partial charge on any atom is 0.127 e. The van der Waals surface area contributed by atoms with Crippen molar-refractivity contribution in [2.24, 2.45) is 5.92 Å². The molecule has 1 aromatic carbocycles. The van der Waals surface area contributed by atoms with Gasteiger partial charge in [-0.25, -0.2) is 4.39 Å². The molecule has 1 aromatic rings. The van der Waals surface area contributed by atoms with Crippen LogP contribution in [0.2, 0.25) is 0 Å². The number of nitrogens with zero attached hydrogens (tertiary/aromatic N) is 1. The van der Waals surface area contributed by atoms with Crippen molar-refractivity contribution in [3.05, 3.63) is 35.1 Å². The van der Waals surface area contributed by atoms with Gasteiger partial charge in [0.15, 0.2) is 0 Å². The van der Waals surface area contributed by atoms with E-state index in [0.29, 0.717) is 23.7 Å². The summed E-state index contributed by atoms with van der Waals surface area (Å²) in [6.07, 6.45) is 3.66. The van der Waals surface area contributed by atoms with Gasteiger partial charge in [0.25, 0.3) is 0 Å². The lowest BCUT2D eigenvalue weighted by Gasteiger charge is -2.06. The molecule has 90 valence electrons. The summed E-state index contributed by atoms with van der Waals surface area (Å²) in [6.45, 7) is 2.71. The molecule has 1 aliphatic rings. The highest BCUT2D eigenvalue weighted by atomic mass is 19.1. The van der Waals surface area contributed by atoms with Crippen LogP contribution >= 0.6 is 0 Å². The molecule has 2 rings (SSSR count). The fourth-order valence-corrected chi connectivity index (χ4v) is 2.21. The number of nitrogens with one attached hydrogen (secondary N) is 1. The van der Waals surface area contributed by atoms with E-state index in [1.807, 2.05) is 6.07 Å². The van der Waals surface area contributed by atoms with Crippen molar-refractivity contribution >= 4 is 0 Å². The third kappa shape index (κ3) is 3.04. The molecule has 0 radical (unpaired) electrons. The molecule has 1 fully saturated rings. The Morgan fingerprint density at radius 1 is 1.53 bits per heavy atom. The van der Waals surface area contributed by atoms with Crippen LogP contribution in [-0.2, 0) is 6.54 Å². The lowest BCUT2D eigenvalue weighted by atomic mass is 10.1. The third-order valence-corrected chi connectivity index (χ3v) is 3.31. The number of hydrogen-bond acceptors (Lipinski definition) is 2. The molecule has 0 bridgehead atoms. The van der Waals surface area contributed by atoms with Crippen LogP contribution in [0.5, 0.6) is 0 Å². The quantitative estimate of drug-likeness (QED) is 0.847. The van der Waals surface area contributed by atoms with Gasteiger partial charge in [0.05, 0.1) is 11.6 Å². The molecule has 0 aliphatic heterocycles. The van der Waals surface area contributed by atoms with Crippen LogP contribution in [0.1, 0.15) is 37.3 Å². The first-order chi connectivity index (χ1) is 8.24. The average Bonchev–Trinajstić information content (AvgIpc) is 3.07. The summed E-state index contributed by atoms with van der Waals surface area (Å²) in [6, 6.07) is 7.08. The standard InChI is InChI=1S/C14H17FN2/c1-2-3-11-7-14(11)17-9-12-6-10(8-16)4-5-13(12)15/h4-6,11,14,17H,2-3,7,9H2,1H3. The Morgan fingerprint density at radius 2 is 2.35 bits per heavy atom. The van der Waals surface area contributed by atoms with Crippen LogP contribution in [0, 0.1) is 23.1 Å². The molecule has 0 spiro atoms. The maximum absolute atomic E-state index is 13.5. The van der Waals surface area contributed by atoms with Gasteiger partial charge >= 0.3 is 0 Å². The van der Waals surface area contributed by atoms with E-state index in [2.05, 4.69) is 12.2 Å². The zero-order valence-corrected chi connectivity index (χ0v) is 10.0. The Hall–Kier alpha value is -1.40. The smallest absolute Gasteiger partial charge is 0.127 e. The fraction of sp³-hybridized carbons (Fsp3) is 0.500. The van der Waals surface area contributed by atoms with Crippen LogP contribution < -0.4 is 5.32 Å². The molecule has 0 amide bonds. The molecule has 2 atom stereocenters. The van der Waals surface area contributed by atoms with Gasteiger partial charge in [-0.1, -0.05) is 13.3 Å². The van der Waals surface area contributed by atoms with E-state index in [1.54, 1.807) is 6.07 Å². The molecular formula is C14H17FN2. The van der Waals surface area contributed by atoms with Gasteiger partial charge < -0.3 is 5.32 Å². The van der Waals surface area contributed by atoms with Gasteiger partial charge in [-0.3, -0.25) is 0 Å². The first kappa shape index (κ1) is 12.1. The second-order valence-electron chi connectivity index (χ2n) is 4.69. The van der Waals surface area contributed by atoms with Gasteiger partial charge in [-0.15, -0.1) is 0 Å². The topological polar surface area (TPSA) is 35.8 Å². The van der Waals surface area contributed by atoms with Crippen molar-refractivity contribution in [2.45, 2.75) is 38.8 Å². The Morgan fingerprint density at radius 3 is 3.06 bits per heavy atom. The number of halogens is 1. The first-order valence-electron chi connectivity index (χ1n) is 6.16. The highest BCUT2D eigenvalue weighted by Gasteiger charge is 2.35. The predicted molar refractivity (Wildman–Crippen MR) is 64.8 cm³/mol. The summed E-state index contributed by atoms with van der Waals surface area (Å²) in [5, 5.41) is 12.1. The normalized spacial score (nSPS) is 22.2. The Kier molecular flexibility index (Phi) is 3.75. The van der Waals surface area contributed by atoms with Crippen molar-refractivity contribution in [1.29, 1.82) is 5.26 Å². The summed E-state index contributed by atoms with van der Waals surface area (Å²) in [7, 11) is 0. The number of benzene rings is 1. The first-order valence-corrected chi connectivity index (χ1v) is 6.16. The lowest BCUT2D eigenvalue weighted by molar-refractivity contribution is 0.565. The van der Waals surface area contributed by atoms with Gasteiger partial charge in [0.2, 0.25) is 0 Å². The second-order valence-corrected chi connectivity index (χ2v) is 4.69. The van der Waals surface area contributed by atoms with Crippen LogP contribution in [0.25, 0.3) is 0 Å². The van der Waals surface area contributed by atoms with Gasteiger partial charge in [-0.2, -0.15) is 5.26 Å². The summed E-state index contributed by atoms with van der Waals surface area (Å²) >= 11 is 0. The van der Waals surface area contributed by atoms with E-state index in [-0.39, 0.29) is 5.82 Å². The molecule has 3 heteroatoms. The van der Waals surface area contributed by atoms with E-state index < -0.39 is 0 Å². The molecule has 2 unspecified atom stereocenters. The molecule has 1 saturated carbocycles. The van der Waals surface area contributed by atoms with Crippen molar-refractivity contribution in [2.75, 3.05) is 0 Å². The fourth-order valence-electron chi connectivity index (χ4n) is 2.21. The van der Waals surface area contributed by atoms with E-state index in [0.717, 1.165) is 5.92 Å². The van der Waals surface area contributed by atoms with Crippen LogP contribution in [0.3, 0.4) is 0 Å². The second kappa shape index (κ2) is 5.29. The van der Waals surface area contributed by atoms with Gasteiger partial charge in [-0.05, 0) is 37.0 Å². The Bertz CT molecular complexity index is 436. The van der Waals surface area contributed by atoms with E-state index in [4.69, 9.17) is 5.26 Å². The molecule has 0 heterocycles. The van der Waals surface area contributed by atoms with Crippen molar-refractivity contribution < 1.29 is 4.39 Å². The van der Waals surface area contributed by atoms with E-state index in [1.165, 1.54) is 31.4 Å². The zero-order chi connectivity index (χ0) is 12.3. The Balaban J connectivity index is 1.89. The largest absolute Gasteiger partial charge is 0.310 e. The summed E-state index contributed by atoms with van der Waals surface area (Å²) in [4.78, 5) is 0. The minimum Gasteiger partial charge on any atom is -0.310 e. The maximum atomic E-state index is 13.5. The Labute approximate surface area is 101 Å². The molecule has 2 nitrogen and oxygen atoms in total. The van der Waals surface area contributed by atoms with E-state index in [9.17, 15) is 4.39 Å². The van der Waals surface area contributed by atoms with Gasteiger partial charge in [0, 0.05) is 18.2 Å².